The van der Waals surface area contributed by atoms with Crippen molar-refractivity contribution in [3.8, 4) is 0 Å². The third-order valence-corrected chi connectivity index (χ3v) is 3.92. The van der Waals surface area contributed by atoms with Crippen molar-refractivity contribution in [3.05, 3.63) is 60.4 Å². The third-order valence-electron chi connectivity index (χ3n) is 3.92. The average molecular weight is 311 g/mol. The van der Waals surface area contributed by atoms with Gasteiger partial charge < -0.3 is 10.1 Å². The summed E-state index contributed by atoms with van der Waals surface area (Å²) in [4.78, 5) is 18.3. The number of morpholine rings is 1. The lowest BCUT2D eigenvalue weighted by atomic mass is 10.1. The summed E-state index contributed by atoms with van der Waals surface area (Å²) in [5.41, 5.74) is 1.93. The molecule has 2 heterocycles. The van der Waals surface area contributed by atoms with Crippen LogP contribution in [0.3, 0.4) is 0 Å². The van der Waals surface area contributed by atoms with Crippen LogP contribution in [0.2, 0.25) is 0 Å². The minimum atomic E-state index is 0.0146. The highest BCUT2D eigenvalue weighted by atomic mass is 16.5. The Kier molecular flexibility index (Phi) is 5.34. The number of rotatable bonds is 5. The van der Waals surface area contributed by atoms with Gasteiger partial charge in [0, 0.05) is 32.3 Å². The Bertz CT molecular complexity index is 619. The van der Waals surface area contributed by atoms with Gasteiger partial charge in [-0.1, -0.05) is 30.3 Å². The lowest BCUT2D eigenvalue weighted by molar-refractivity contribution is -0.117. The maximum atomic E-state index is 12.0. The fraction of sp³-hybridized carbons (Fsp3) is 0.333. The lowest BCUT2D eigenvalue weighted by Crippen LogP contribution is -2.39. The number of benzene rings is 1. The highest BCUT2D eigenvalue weighted by molar-refractivity contribution is 5.90. The summed E-state index contributed by atoms with van der Waals surface area (Å²) in [6.45, 7) is 3.12. The average Bonchev–Trinajstić information content (AvgIpc) is 2.62. The molecule has 1 saturated heterocycles. The van der Waals surface area contributed by atoms with Gasteiger partial charge in [0.25, 0.3) is 0 Å². The molecule has 1 fully saturated rings. The maximum absolute atomic E-state index is 12.0. The van der Waals surface area contributed by atoms with Crippen LogP contribution in [-0.2, 0) is 9.53 Å². The second kappa shape index (κ2) is 7.85. The van der Waals surface area contributed by atoms with Gasteiger partial charge in [-0.15, -0.1) is 0 Å². The van der Waals surface area contributed by atoms with Crippen LogP contribution in [0, 0.1) is 0 Å². The number of hydrogen-bond donors (Lipinski definition) is 1. The molecule has 120 valence electrons. The molecule has 2 aromatic rings. The molecule has 0 unspecified atom stereocenters. The molecule has 0 spiro atoms. The van der Waals surface area contributed by atoms with Gasteiger partial charge in [-0.25, -0.2) is 0 Å². The second-order valence-corrected chi connectivity index (χ2v) is 5.61. The highest BCUT2D eigenvalue weighted by Crippen LogP contribution is 2.21. The molecule has 5 nitrogen and oxygen atoms in total. The number of anilines is 1. The maximum Gasteiger partial charge on any atom is 0.225 e. The first-order chi connectivity index (χ1) is 11.3. The van der Waals surface area contributed by atoms with Crippen molar-refractivity contribution >= 4 is 11.6 Å². The monoisotopic (exact) mass is 311 g/mol. The summed E-state index contributed by atoms with van der Waals surface area (Å²) < 4.78 is 5.85. The molecule has 5 heteroatoms. The van der Waals surface area contributed by atoms with Crippen molar-refractivity contribution in [2.45, 2.75) is 12.5 Å². The quantitative estimate of drug-likeness (QED) is 0.922. The number of pyridine rings is 1. The normalized spacial score (nSPS) is 18.5. The van der Waals surface area contributed by atoms with Gasteiger partial charge in [-0.3, -0.25) is 14.7 Å². The summed E-state index contributed by atoms with van der Waals surface area (Å²) in [7, 11) is 0. The van der Waals surface area contributed by atoms with Gasteiger partial charge in [-0.05, 0) is 17.7 Å². The summed E-state index contributed by atoms with van der Waals surface area (Å²) in [5, 5.41) is 2.87. The number of ether oxygens (including phenoxy) is 1. The van der Waals surface area contributed by atoms with E-state index in [-0.39, 0.29) is 12.0 Å². The van der Waals surface area contributed by atoms with Crippen LogP contribution in [0.15, 0.2) is 54.9 Å². The lowest BCUT2D eigenvalue weighted by Gasteiger charge is -2.33. The van der Waals surface area contributed by atoms with E-state index < -0.39 is 0 Å². The Hall–Kier alpha value is -2.24. The zero-order chi connectivity index (χ0) is 15.9. The van der Waals surface area contributed by atoms with E-state index in [0.29, 0.717) is 13.0 Å². The van der Waals surface area contributed by atoms with Crippen molar-refractivity contribution in [1.82, 2.24) is 9.88 Å². The van der Waals surface area contributed by atoms with E-state index in [1.807, 2.05) is 30.3 Å². The number of carbonyl (C=O) groups is 1. The molecule has 0 bridgehead atoms. The summed E-state index contributed by atoms with van der Waals surface area (Å²) >= 11 is 0. The largest absolute Gasteiger partial charge is 0.371 e. The molecule has 1 aromatic carbocycles. The first kappa shape index (κ1) is 15.6. The topological polar surface area (TPSA) is 54.5 Å². The van der Waals surface area contributed by atoms with E-state index in [0.717, 1.165) is 25.3 Å². The van der Waals surface area contributed by atoms with Crippen LogP contribution >= 0.6 is 0 Å². The molecule has 0 aliphatic carbocycles. The van der Waals surface area contributed by atoms with E-state index in [1.54, 1.807) is 12.4 Å². The molecule has 1 atom stereocenters. The molecule has 1 aliphatic heterocycles. The fourth-order valence-corrected chi connectivity index (χ4v) is 2.69. The molecule has 3 rings (SSSR count). The first-order valence-corrected chi connectivity index (χ1v) is 7.90. The van der Waals surface area contributed by atoms with Crippen LogP contribution in [0.1, 0.15) is 18.1 Å². The Morgan fingerprint density at radius 2 is 2.13 bits per heavy atom. The molecular formula is C18H21N3O2. The van der Waals surface area contributed by atoms with Crippen LogP contribution in [0.4, 0.5) is 5.69 Å². The molecule has 1 N–H and O–H groups in total. The van der Waals surface area contributed by atoms with E-state index in [9.17, 15) is 4.79 Å². The van der Waals surface area contributed by atoms with E-state index in [2.05, 4.69) is 27.3 Å². The van der Waals surface area contributed by atoms with Crippen molar-refractivity contribution in [2.75, 3.05) is 31.6 Å². The Balaban J connectivity index is 1.47. The fourth-order valence-electron chi connectivity index (χ4n) is 2.69. The summed E-state index contributed by atoms with van der Waals surface area (Å²) in [5.74, 6) is 0.0146. The Morgan fingerprint density at radius 3 is 2.91 bits per heavy atom. The van der Waals surface area contributed by atoms with E-state index in [1.165, 1.54) is 5.56 Å². The molecule has 0 saturated carbocycles. The van der Waals surface area contributed by atoms with Crippen molar-refractivity contribution < 1.29 is 9.53 Å². The SMILES string of the molecule is O=C(CCN1CCO[C@H](c2ccccc2)C1)Nc1cccnc1. The van der Waals surface area contributed by atoms with Gasteiger partial charge in [0.2, 0.25) is 5.91 Å². The predicted octanol–water partition coefficient (Wildman–Crippen LogP) is 2.48. The highest BCUT2D eigenvalue weighted by Gasteiger charge is 2.22. The van der Waals surface area contributed by atoms with Crippen LogP contribution < -0.4 is 5.32 Å². The second-order valence-electron chi connectivity index (χ2n) is 5.61. The van der Waals surface area contributed by atoms with Crippen molar-refractivity contribution in [2.24, 2.45) is 0 Å². The van der Waals surface area contributed by atoms with E-state index in [4.69, 9.17) is 4.74 Å². The van der Waals surface area contributed by atoms with Gasteiger partial charge in [0.05, 0.1) is 24.6 Å². The molecule has 1 aromatic heterocycles. The molecular weight excluding hydrogens is 290 g/mol. The summed E-state index contributed by atoms with van der Waals surface area (Å²) in [6.07, 6.45) is 3.90. The molecule has 1 aliphatic rings. The molecule has 1 amide bonds. The zero-order valence-electron chi connectivity index (χ0n) is 13.0. The zero-order valence-corrected chi connectivity index (χ0v) is 13.0. The van der Waals surface area contributed by atoms with Crippen LogP contribution in [-0.4, -0.2) is 42.0 Å². The van der Waals surface area contributed by atoms with Gasteiger partial charge >= 0.3 is 0 Å². The Morgan fingerprint density at radius 1 is 1.26 bits per heavy atom. The predicted molar refractivity (Wildman–Crippen MR) is 89.1 cm³/mol. The van der Waals surface area contributed by atoms with Crippen molar-refractivity contribution in [1.29, 1.82) is 0 Å². The van der Waals surface area contributed by atoms with Crippen LogP contribution in [0.25, 0.3) is 0 Å². The van der Waals surface area contributed by atoms with Gasteiger partial charge in [-0.2, -0.15) is 0 Å². The number of carbonyl (C=O) groups excluding carboxylic acids is 1. The number of aromatic nitrogens is 1. The van der Waals surface area contributed by atoms with Gasteiger partial charge in [0.15, 0.2) is 0 Å². The third kappa shape index (κ3) is 4.61. The van der Waals surface area contributed by atoms with E-state index >= 15 is 0 Å². The number of nitrogens with one attached hydrogen (secondary N) is 1. The number of nitrogens with zero attached hydrogens (tertiary/aromatic N) is 2. The van der Waals surface area contributed by atoms with Gasteiger partial charge in [0.1, 0.15) is 0 Å². The number of amides is 1. The van der Waals surface area contributed by atoms with Crippen molar-refractivity contribution in [3.63, 3.8) is 0 Å². The minimum Gasteiger partial charge on any atom is -0.371 e. The smallest absolute Gasteiger partial charge is 0.225 e. The standard InChI is InChI=1S/C18H21N3O2/c22-18(20-16-7-4-9-19-13-16)8-10-21-11-12-23-17(14-21)15-5-2-1-3-6-15/h1-7,9,13,17H,8,10-12,14H2,(H,20,22)/t17-/m0/s1. The molecule has 23 heavy (non-hydrogen) atoms. The summed E-state index contributed by atoms with van der Waals surface area (Å²) in [6, 6.07) is 13.9. The number of hydrogen-bond acceptors (Lipinski definition) is 4. The first-order valence-electron chi connectivity index (χ1n) is 7.90. The molecule has 0 radical (unpaired) electrons. The van der Waals surface area contributed by atoms with Crippen LogP contribution in [0.5, 0.6) is 0 Å². The minimum absolute atomic E-state index is 0.0146. The Labute approximate surface area is 136 Å².